The zero-order valence-electron chi connectivity index (χ0n) is 6.36. The van der Waals surface area contributed by atoms with Crippen LogP contribution < -0.4 is 4.90 Å². The van der Waals surface area contributed by atoms with E-state index < -0.39 is 0 Å². The van der Waals surface area contributed by atoms with Crippen LogP contribution in [0.25, 0.3) is 0 Å². The average molecular weight is 189 g/mol. The van der Waals surface area contributed by atoms with Crippen molar-refractivity contribution in [3.05, 3.63) is 28.2 Å². The highest BCUT2D eigenvalue weighted by molar-refractivity contribution is 6.43. The monoisotopic (exact) mass is 188 g/mol. The van der Waals surface area contributed by atoms with Gasteiger partial charge in [0, 0.05) is 14.1 Å². The summed E-state index contributed by atoms with van der Waals surface area (Å²) in [5.74, 6) is 0. The molecule has 0 fully saturated rings. The number of nitrogens with zero attached hydrogens (tertiary/aromatic N) is 1. The minimum Gasteiger partial charge on any atom is -0.376 e. The van der Waals surface area contributed by atoms with Gasteiger partial charge in [-0.3, -0.25) is 0 Å². The Bertz CT molecular complexity index is 258. The van der Waals surface area contributed by atoms with E-state index in [4.69, 9.17) is 23.2 Å². The van der Waals surface area contributed by atoms with Gasteiger partial charge in [0.25, 0.3) is 0 Å². The van der Waals surface area contributed by atoms with Gasteiger partial charge in [0.1, 0.15) is 0 Å². The fraction of sp³-hybridized carbons (Fsp3) is 0.250. The summed E-state index contributed by atoms with van der Waals surface area (Å²) in [6.45, 7) is 0. The first-order valence-corrected chi connectivity index (χ1v) is 3.91. The van der Waals surface area contributed by atoms with Gasteiger partial charge in [-0.1, -0.05) is 23.2 Å². The van der Waals surface area contributed by atoms with Crippen molar-refractivity contribution in [2.75, 3.05) is 19.0 Å². The molecule has 0 unspecified atom stereocenters. The van der Waals surface area contributed by atoms with Crippen LogP contribution in [0.3, 0.4) is 0 Å². The highest BCUT2D eigenvalue weighted by atomic mass is 35.5. The van der Waals surface area contributed by atoms with Crippen LogP contribution in [0.2, 0.25) is 10.0 Å². The third-order valence-electron chi connectivity index (χ3n) is 1.35. The lowest BCUT2D eigenvalue weighted by atomic mass is 10.3. The summed E-state index contributed by atoms with van der Waals surface area (Å²) in [6, 6.07) is 6.34. The van der Waals surface area contributed by atoms with Crippen LogP contribution in [0.5, 0.6) is 0 Å². The molecular weight excluding hydrogens is 181 g/mol. The van der Waals surface area contributed by atoms with Crippen LogP contribution in [0.4, 0.5) is 5.69 Å². The molecule has 0 aliphatic carbocycles. The highest BCUT2D eigenvalue weighted by Gasteiger charge is 2.04. The molecule has 0 saturated carbocycles. The van der Waals surface area contributed by atoms with Crippen molar-refractivity contribution >= 4 is 28.9 Å². The first-order valence-electron chi connectivity index (χ1n) is 3.15. The van der Waals surface area contributed by atoms with Gasteiger partial charge in [0.05, 0.1) is 15.7 Å². The molecule has 0 aliphatic heterocycles. The first kappa shape index (κ1) is 8.69. The summed E-state index contributed by atoms with van der Waals surface area (Å²) < 4.78 is 0. The fourth-order valence-corrected chi connectivity index (χ4v) is 1.21. The van der Waals surface area contributed by atoms with Gasteiger partial charge in [-0.2, -0.15) is 0 Å². The summed E-state index contributed by atoms with van der Waals surface area (Å²) in [7, 11) is 3.82. The normalized spacial score (nSPS) is 9.82. The Hall–Kier alpha value is -0.400. The largest absolute Gasteiger partial charge is 0.376 e. The predicted octanol–water partition coefficient (Wildman–Crippen LogP) is 2.86. The van der Waals surface area contributed by atoms with Gasteiger partial charge >= 0.3 is 0 Å². The SMILES string of the molecule is CN(C)c1c[c]cc(Cl)c1Cl. The molecule has 3 heteroatoms. The number of rotatable bonds is 1. The molecule has 0 spiro atoms. The van der Waals surface area contributed by atoms with E-state index in [1.165, 1.54) is 0 Å². The fourth-order valence-electron chi connectivity index (χ4n) is 0.768. The maximum atomic E-state index is 5.89. The van der Waals surface area contributed by atoms with Crippen molar-refractivity contribution in [2.24, 2.45) is 0 Å². The Morgan fingerprint density at radius 3 is 2.36 bits per heavy atom. The first-order chi connectivity index (χ1) is 5.13. The van der Waals surface area contributed by atoms with Crippen LogP contribution in [-0.4, -0.2) is 14.1 Å². The third-order valence-corrected chi connectivity index (χ3v) is 2.14. The second kappa shape index (κ2) is 3.33. The van der Waals surface area contributed by atoms with Gasteiger partial charge in [-0.05, 0) is 18.2 Å². The minimum absolute atomic E-state index is 0.540. The molecule has 0 aliphatic rings. The van der Waals surface area contributed by atoms with Crippen LogP contribution in [0, 0.1) is 6.07 Å². The Balaban J connectivity index is 3.17. The van der Waals surface area contributed by atoms with Crippen LogP contribution >= 0.6 is 23.2 Å². The number of hydrogen-bond acceptors (Lipinski definition) is 1. The van der Waals surface area contributed by atoms with E-state index in [-0.39, 0.29) is 0 Å². The second-order valence-corrected chi connectivity index (χ2v) is 3.18. The number of benzene rings is 1. The Morgan fingerprint density at radius 1 is 1.27 bits per heavy atom. The summed E-state index contributed by atoms with van der Waals surface area (Å²) in [4.78, 5) is 1.89. The standard InChI is InChI=1S/C8H8Cl2N/c1-11(2)7-5-3-4-6(9)8(7)10/h4-5H,1-2H3. The zero-order chi connectivity index (χ0) is 8.43. The summed E-state index contributed by atoms with van der Waals surface area (Å²) in [5.41, 5.74) is 0.888. The Morgan fingerprint density at radius 2 is 1.91 bits per heavy atom. The smallest absolute Gasteiger partial charge is 0.0825 e. The van der Waals surface area contributed by atoms with Crippen LogP contribution in [0.1, 0.15) is 0 Å². The van der Waals surface area contributed by atoms with E-state index in [1.807, 2.05) is 19.0 Å². The van der Waals surface area contributed by atoms with E-state index in [1.54, 1.807) is 12.1 Å². The Labute approximate surface area is 76.5 Å². The average Bonchev–Trinajstić information content (AvgIpc) is 1.94. The summed E-state index contributed by atoms with van der Waals surface area (Å²) in [5, 5.41) is 1.12. The number of anilines is 1. The zero-order valence-corrected chi connectivity index (χ0v) is 7.87. The number of hydrogen-bond donors (Lipinski definition) is 0. The lowest BCUT2D eigenvalue weighted by Crippen LogP contribution is -2.08. The van der Waals surface area contributed by atoms with Gasteiger partial charge < -0.3 is 4.90 Å². The Kier molecular flexibility index (Phi) is 2.63. The molecule has 1 rings (SSSR count). The topological polar surface area (TPSA) is 3.24 Å². The molecule has 0 atom stereocenters. The molecular formula is C8H8Cl2N. The van der Waals surface area contributed by atoms with Crippen molar-refractivity contribution < 1.29 is 0 Å². The predicted molar refractivity (Wildman–Crippen MR) is 49.6 cm³/mol. The highest BCUT2D eigenvalue weighted by Crippen LogP contribution is 2.30. The van der Waals surface area contributed by atoms with Crippen molar-refractivity contribution in [2.45, 2.75) is 0 Å². The third kappa shape index (κ3) is 1.79. The van der Waals surface area contributed by atoms with E-state index >= 15 is 0 Å². The maximum Gasteiger partial charge on any atom is 0.0825 e. The van der Waals surface area contributed by atoms with Crippen LogP contribution in [0.15, 0.2) is 12.1 Å². The summed E-state index contributed by atoms with van der Waals surface area (Å²) >= 11 is 11.7. The minimum atomic E-state index is 0.540. The molecule has 0 saturated heterocycles. The van der Waals surface area contributed by atoms with E-state index in [2.05, 4.69) is 6.07 Å². The van der Waals surface area contributed by atoms with Crippen molar-refractivity contribution in [3.63, 3.8) is 0 Å². The molecule has 59 valence electrons. The van der Waals surface area contributed by atoms with Crippen molar-refractivity contribution in [3.8, 4) is 0 Å². The van der Waals surface area contributed by atoms with E-state index in [0.29, 0.717) is 10.0 Å². The number of halogens is 2. The quantitative estimate of drug-likeness (QED) is 0.656. The molecule has 0 heterocycles. The maximum absolute atomic E-state index is 5.89. The molecule has 0 bridgehead atoms. The van der Waals surface area contributed by atoms with E-state index in [0.717, 1.165) is 5.69 Å². The molecule has 0 aromatic heterocycles. The van der Waals surface area contributed by atoms with Crippen LogP contribution in [-0.2, 0) is 0 Å². The molecule has 1 aromatic rings. The second-order valence-electron chi connectivity index (χ2n) is 2.40. The molecule has 1 nitrogen and oxygen atoms in total. The molecule has 1 aromatic carbocycles. The lowest BCUT2D eigenvalue weighted by Gasteiger charge is -2.14. The van der Waals surface area contributed by atoms with Gasteiger partial charge in [-0.15, -0.1) is 0 Å². The lowest BCUT2D eigenvalue weighted by molar-refractivity contribution is 1.13. The molecule has 1 radical (unpaired) electrons. The van der Waals surface area contributed by atoms with Gasteiger partial charge in [0.15, 0.2) is 0 Å². The summed E-state index contributed by atoms with van der Waals surface area (Å²) in [6.07, 6.45) is 0. The van der Waals surface area contributed by atoms with Crippen molar-refractivity contribution in [1.82, 2.24) is 0 Å². The van der Waals surface area contributed by atoms with E-state index in [9.17, 15) is 0 Å². The van der Waals surface area contributed by atoms with Gasteiger partial charge in [0.2, 0.25) is 0 Å². The molecule has 0 N–H and O–H groups in total. The molecule has 11 heavy (non-hydrogen) atoms. The van der Waals surface area contributed by atoms with Crippen molar-refractivity contribution in [1.29, 1.82) is 0 Å². The molecule has 0 amide bonds. The van der Waals surface area contributed by atoms with Gasteiger partial charge in [-0.25, -0.2) is 0 Å².